The lowest BCUT2D eigenvalue weighted by atomic mass is 9.87. The van der Waals surface area contributed by atoms with Crippen LogP contribution in [0.2, 0.25) is 0 Å². The van der Waals surface area contributed by atoms with E-state index in [1.807, 2.05) is 0 Å². The standard InChI is InChI=1S/C12H15NO/c1-2-4-12-10(3-1)11-8-13-7-9(11)5-6-14-12/h1-4,9,11,13H,5-8H2/t9-,11+/m1/s1. The third-order valence-electron chi connectivity index (χ3n) is 3.40. The first-order valence-electron chi connectivity index (χ1n) is 5.37. The first kappa shape index (κ1) is 8.30. The average Bonchev–Trinajstić information content (AvgIpc) is 2.61. The third-order valence-corrected chi connectivity index (χ3v) is 3.40. The maximum absolute atomic E-state index is 5.76. The van der Waals surface area contributed by atoms with Gasteiger partial charge in [0, 0.05) is 12.5 Å². The Balaban J connectivity index is 2.04. The van der Waals surface area contributed by atoms with Crippen molar-refractivity contribution in [1.29, 1.82) is 0 Å². The van der Waals surface area contributed by atoms with Gasteiger partial charge in [-0.25, -0.2) is 0 Å². The van der Waals surface area contributed by atoms with E-state index in [0.717, 1.165) is 31.4 Å². The SMILES string of the molecule is c1ccc2c(c1)OCC[C@@H]1CNC[C@H]21. The van der Waals surface area contributed by atoms with Crippen LogP contribution in [0, 0.1) is 5.92 Å². The molecule has 14 heavy (non-hydrogen) atoms. The molecule has 74 valence electrons. The Kier molecular flexibility index (Phi) is 1.95. The van der Waals surface area contributed by atoms with Crippen molar-refractivity contribution >= 4 is 0 Å². The molecule has 2 nitrogen and oxygen atoms in total. The first-order valence-corrected chi connectivity index (χ1v) is 5.37. The van der Waals surface area contributed by atoms with Gasteiger partial charge < -0.3 is 10.1 Å². The van der Waals surface area contributed by atoms with Crippen molar-refractivity contribution in [2.45, 2.75) is 12.3 Å². The molecule has 3 rings (SSSR count). The molecule has 0 unspecified atom stereocenters. The van der Waals surface area contributed by atoms with Gasteiger partial charge in [-0.15, -0.1) is 0 Å². The van der Waals surface area contributed by atoms with Gasteiger partial charge in [0.25, 0.3) is 0 Å². The summed E-state index contributed by atoms with van der Waals surface area (Å²) in [4.78, 5) is 0. The van der Waals surface area contributed by atoms with E-state index in [-0.39, 0.29) is 0 Å². The van der Waals surface area contributed by atoms with Gasteiger partial charge in [0.05, 0.1) is 6.61 Å². The molecule has 1 aromatic carbocycles. The zero-order chi connectivity index (χ0) is 9.38. The second-order valence-corrected chi connectivity index (χ2v) is 4.20. The zero-order valence-electron chi connectivity index (χ0n) is 8.20. The Morgan fingerprint density at radius 2 is 2.14 bits per heavy atom. The van der Waals surface area contributed by atoms with Gasteiger partial charge in [0.15, 0.2) is 0 Å². The first-order chi connectivity index (χ1) is 6.95. The maximum Gasteiger partial charge on any atom is 0.122 e. The monoisotopic (exact) mass is 189 g/mol. The summed E-state index contributed by atoms with van der Waals surface area (Å²) in [5, 5.41) is 3.48. The minimum absolute atomic E-state index is 0.675. The van der Waals surface area contributed by atoms with E-state index in [2.05, 4.69) is 29.6 Å². The number of nitrogens with one attached hydrogen (secondary N) is 1. The quantitative estimate of drug-likeness (QED) is 0.671. The molecule has 2 heterocycles. The summed E-state index contributed by atoms with van der Waals surface area (Å²) < 4.78 is 5.76. The highest BCUT2D eigenvalue weighted by Gasteiger charge is 2.32. The van der Waals surface area contributed by atoms with Gasteiger partial charge in [-0.05, 0) is 30.5 Å². The molecule has 1 aromatic rings. The van der Waals surface area contributed by atoms with Crippen molar-refractivity contribution in [2.75, 3.05) is 19.7 Å². The molecule has 0 spiro atoms. The largest absolute Gasteiger partial charge is 0.493 e. The number of ether oxygens (including phenoxy) is 1. The molecule has 2 aliphatic heterocycles. The predicted octanol–water partition coefficient (Wildman–Crippen LogP) is 1.77. The molecule has 1 N–H and O–H groups in total. The van der Waals surface area contributed by atoms with Gasteiger partial charge >= 0.3 is 0 Å². The molecule has 1 fully saturated rings. The van der Waals surface area contributed by atoms with Gasteiger partial charge in [0.1, 0.15) is 5.75 Å². The number of benzene rings is 1. The van der Waals surface area contributed by atoms with E-state index in [9.17, 15) is 0 Å². The number of rotatable bonds is 0. The number of fused-ring (bicyclic) bond motifs is 3. The lowest BCUT2D eigenvalue weighted by Crippen LogP contribution is -2.11. The van der Waals surface area contributed by atoms with E-state index in [4.69, 9.17) is 4.74 Å². The topological polar surface area (TPSA) is 21.3 Å². The van der Waals surface area contributed by atoms with Crippen molar-refractivity contribution in [3.8, 4) is 5.75 Å². The Labute approximate surface area is 84.3 Å². The Bertz CT molecular complexity index is 337. The van der Waals surface area contributed by atoms with E-state index in [1.165, 1.54) is 12.0 Å². The summed E-state index contributed by atoms with van der Waals surface area (Å²) >= 11 is 0. The van der Waals surface area contributed by atoms with E-state index >= 15 is 0 Å². The van der Waals surface area contributed by atoms with E-state index in [1.54, 1.807) is 0 Å². The third kappa shape index (κ3) is 1.22. The fraction of sp³-hybridized carbons (Fsp3) is 0.500. The van der Waals surface area contributed by atoms with E-state index < -0.39 is 0 Å². The van der Waals surface area contributed by atoms with Crippen LogP contribution >= 0.6 is 0 Å². The second-order valence-electron chi connectivity index (χ2n) is 4.20. The zero-order valence-corrected chi connectivity index (χ0v) is 8.20. The lowest BCUT2D eigenvalue weighted by molar-refractivity contribution is 0.296. The molecular weight excluding hydrogens is 174 g/mol. The summed E-state index contributed by atoms with van der Waals surface area (Å²) in [6.07, 6.45) is 1.19. The fourth-order valence-corrected chi connectivity index (χ4v) is 2.64. The normalized spacial score (nSPS) is 30.0. The Morgan fingerprint density at radius 1 is 1.21 bits per heavy atom. The Hall–Kier alpha value is -1.02. The van der Waals surface area contributed by atoms with Gasteiger partial charge in [0.2, 0.25) is 0 Å². The fourth-order valence-electron chi connectivity index (χ4n) is 2.64. The molecule has 2 aliphatic rings. The van der Waals surface area contributed by atoms with Crippen LogP contribution in [0.5, 0.6) is 5.75 Å². The number of hydrogen-bond acceptors (Lipinski definition) is 2. The summed E-state index contributed by atoms with van der Waals surface area (Å²) in [5.41, 5.74) is 1.40. The Morgan fingerprint density at radius 3 is 3.14 bits per heavy atom. The number of para-hydroxylation sites is 1. The summed E-state index contributed by atoms with van der Waals surface area (Å²) in [5.74, 6) is 2.55. The van der Waals surface area contributed by atoms with Crippen LogP contribution in [0.3, 0.4) is 0 Å². The predicted molar refractivity (Wildman–Crippen MR) is 55.7 cm³/mol. The minimum atomic E-state index is 0.675. The molecule has 0 saturated carbocycles. The van der Waals surface area contributed by atoms with Crippen LogP contribution in [-0.4, -0.2) is 19.7 Å². The highest BCUT2D eigenvalue weighted by molar-refractivity contribution is 5.38. The van der Waals surface area contributed by atoms with Crippen LogP contribution in [-0.2, 0) is 0 Å². The van der Waals surface area contributed by atoms with Crippen LogP contribution in [0.25, 0.3) is 0 Å². The molecule has 0 radical (unpaired) electrons. The molecule has 2 heteroatoms. The highest BCUT2D eigenvalue weighted by atomic mass is 16.5. The van der Waals surface area contributed by atoms with Crippen molar-refractivity contribution < 1.29 is 4.74 Å². The van der Waals surface area contributed by atoms with Crippen LogP contribution < -0.4 is 10.1 Å². The lowest BCUT2D eigenvalue weighted by Gasteiger charge is -2.15. The smallest absolute Gasteiger partial charge is 0.122 e. The van der Waals surface area contributed by atoms with Crippen LogP contribution in [0.15, 0.2) is 24.3 Å². The van der Waals surface area contributed by atoms with Crippen molar-refractivity contribution in [2.24, 2.45) is 5.92 Å². The number of hydrogen-bond donors (Lipinski definition) is 1. The van der Waals surface area contributed by atoms with Gasteiger partial charge in [-0.1, -0.05) is 18.2 Å². The summed E-state index contributed by atoms with van der Waals surface area (Å²) in [7, 11) is 0. The van der Waals surface area contributed by atoms with Crippen molar-refractivity contribution in [3.63, 3.8) is 0 Å². The summed E-state index contributed by atoms with van der Waals surface area (Å²) in [6, 6.07) is 8.48. The van der Waals surface area contributed by atoms with Crippen molar-refractivity contribution in [1.82, 2.24) is 5.32 Å². The van der Waals surface area contributed by atoms with Crippen molar-refractivity contribution in [3.05, 3.63) is 29.8 Å². The molecule has 0 aliphatic carbocycles. The maximum atomic E-state index is 5.76. The molecule has 0 bridgehead atoms. The van der Waals surface area contributed by atoms with Gasteiger partial charge in [-0.2, -0.15) is 0 Å². The molecule has 1 saturated heterocycles. The molecular formula is C12H15NO. The minimum Gasteiger partial charge on any atom is -0.493 e. The molecule has 2 atom stereocenters. The van der Waals surface area contributed by atoms with Gasteiger partial charge in [-0.3, -0.25) is 0 Å². The molecule has 0 amide bonds. The summed E-state index contributed by atoms with van der Waals surface area (Å²) in [6.45, 7) is 3.15. The molecule has 0 aromatic heterocycles. The van der Waals surface area contributed by atoms with Crippen LogP contribution in [0.4, 0.5) is 0 Å². The second kappa shape index (κ2) is 3.28. The van der Waals surface area contributed by atoms with Crippen LogP contribution in [0.1, 0.15) is 17.9 Å². The average molecular weight is 189 g/mol. The highest BCUT2D eigenvalue weighted by Crippen LogP contribution is 2.38. The van der Waals surface area contributed by atoms with E-state index in [0.29, 0.717) is 5.92 Å².